The van der Waals surface area contributed by atoms with Gasteiger partial charge in [-0.25, -0.2) is 4.98 Å². The van der Waals surface area contributed by atoms with Crippen molar-refractivity contribution in [3.63, 3.8) is 0 Å². The van der Waals surface area contributed by atoms with Gasteiger partial charge in [-0.1, -0.05) is 18.9 Å². The van der Waals surface area contributed by atoms with E-state index in [-0.39, 0.29) is 23.2 Å². The van der Waals surface area contributed by atoms with Gasteiger partial charge in [-0.15, -0.1) is 0 Å². The highest BCUT2D eigenvalue weighted by Crippen LogP contribution is 2.44. The maximum Gasteiger partial charge on any atom is 0.433 e. The quantitative estimate of drug-likeness (QED) is 0.301. The first kappa shape index (κ1) is 28.0. The largest absolute Gasteiger partial charge is 0.433 e. The molecule has 34 heavy (non-hydrogen) atoms. The molecule has 0 aliphatic heterocycles. The van der Waals surface area contributed by atoms with E-state index in [2.05, 4.69) is 16.9 Å². The molecule has 0 radical (unpaired) electrons. The molecule has 1 aliphatic rings. The molecule has 4 nitrogen and oxygen atoms in total. The van der Waals surface area contributed by atoms with Crippen LogP contribution < -0.4 is 0 Å². The Balaban J connectivity index is 2.20. The third kappa shape index (κ3) is 7.65. The Morgan fingerprint density at radius 2 is 1.79 bits per heavy atom. The van der Waals surface area contributed by atoms with Gasteiger partial charge in [0, 0.05) is 18.6 Å². The second kappa shape index (κ2) is 10.2. The Bertz CT molecular complexity index is 957. The molecule has 1 aromatic heterocycles. The zero-order chi connectivity index (χ0) is 25.9. The Kier molecular flexibility index (Phi) is 8.38. The number of hydrogen-bond acceptors (Lipinski definition) is 4. The highest BCUT2D eigenvalue weighted by molar-refractivity contribution is 5.96. The van der Waals surface area contributed by atoms with Crippen LogP contribution in [0, 0.1) is 5.41 Å². The van der Waals surface area contributed by atoms with Crippen LogP contribution in [0.5, 0.6) is 0 Å². The van der Waals surface area contributed by atoms with Gasteiger partial charge in [0.05, 0.1) is 11.4 Å². The van der Waals surface area contributed by atoms with E-state index in [1.807, 2.05) is 0 Å². The van der Waals surface area contributed by atoms with Gasteiger partial charge in [-0.05, 0) is 70.1 Å². The summed E-state index contributed by atoms with van der Waals surface area (Å²) in [6.45, 7) is 5.74. The molecule has 1 aromatic rings. The van der Waals surface area contributed by atoms with E-state index in [0.29, 0.717) is 31.1 Å². The smallest absolute Gasteiger partial charge is 0.380 e. The van der Waals surface area contributed by atoms with Crippen LogP contribution in [0.4, 0.5) is 32.0 Å². The van der Waals surface area contributed by atoms with Gasteiger partial charge >= 0.3 is 12.4 Å². The van der Waals surface area contributed by atoms with Crippen LogP contribution in [-0.2, 0) is 17.4 Å². The fourth-order valence-corrected chi connectivity index (χ4v) is 3.88. The maximum atomic E-state index is 13.2. The van der Waals surface area contributed by atoms with Crippen molar-refractivity contribution in [1.82, 2.24) is 4.98 Å². The van der Waals surface area contributed by atoms with Crippen molar-refractivity contribution in [3.8, 4) is 0 Å². The molecule has 2 rings (SSSR count). The molecular formula is C24H30F6N2O2. The van der Waals surface area contributed by atoms with E-state index in [9.17, 15) is 36.2 Å². The van der Waals surface area contributed by atoms with E-state index < -0.39 is 35.9 Å². The first-order valence-electron chi connectivity index (χ1n) is 11.0. The van der Waals surface area contributed by atoms with Crippen LogP contribution in [0.25, 0.3) is 0 Å². The number of carbonyl (C=O) groups excluding carboxylic acids is 1. The molecule has 0 bridgehead atoms. The minimum Gasteiger partial charge on any atom is -0.380 e. The lowest BCUT2D eigenvalue weighted by Gasteiger charge is -2.38. The van der Waals surface area contributed by atoms with Gasteiger partial charge < -0.3 is 5.11 Å². The Labute approximate surface area is 195 Å². The van der Waals surface area contributed by atoms with Crippen LogP contribution in [0.2, 0.25) is 0 Å². The number of pyridine rings is 1. The van der Waals surface area contributed by atoms with E-state index in [4.69, 9.17) is 0 Å². The average molecular weight is 493 g/mol. The maximum absolute atomic E-state index is 13.2. The highest BCUT2D eigenvalue weighted by Gasteiger charge is 2.50. The summed E-state index contributed by atoms with van der Waals surface area (Å²) in [4.78, 5) is 20.2. The molecule has 0 amide bonds. The van der Waals surface area contributed by atoms with Gasteiger partial charge in [-0.3, -0.25) is 9.79 Å². The summed E-state index contributed by atoms with van der Waals surface area (Å²) in [6, 6.07) is 2.12. The standard InChI is InChI=1S/C24H30F6N2O2/c1-15(13-17(33)14-22(4,34)24(28,29)30)12-16(2)31-18-6-7-20(23(25,26)27)32-19(18)8-11-21(3)9-5-10-21/h6-7,12,34H,5,8-11,13-14H2,1-4H3/b15-12-,31-16?/t22-/m1/s1. The number of alkyl halides is 6. The first-order valence-corrected chi connectivity index (χ1v) is 11.0. The normalized spacial score (nSPS) is 18.9. The highest BCUT2D eigenvalue weighted by atomic mass is 19.4. The summed E-state index contributed by atoms with van der Waals surface area (Å²) in [5.74, 6) is -0.797. The minimum absolute atomic E-state index is 0.0837. The molecular weight excluding hydrogens is 462 g/mol. The van der Waals surface area contributed by atoms with Crippen molar-refractivity contribution in [2.75, 3.05) is 0 Å². The second-order valence-corrected chi connectivity index (χ2v) is 9.73. The molecule has 0 aromatic carbocycles. The SMILES string of the molecule is CC(/C=C(/C)CC(=O)C[C@@](C)(O)C(F)(F)F)=Nc1ccc(C(F)(F)F)nc1CCC1(C)CCC1. The summed E-state index contributed by atoms with van der Waals surface area (Å²) in [6.07, 6.45) is -5.29. The van der Waals surface area contributed by atoms with Crippen LogP contribution in [0.3, 0.4) is 0 Å². The molecule has 1 aliphatic carbocycles. The fourth-order valence-electron chi connectivity index (χ4n) is 3.88. The molecule has 0 spiro atoms. The third-order valence-electron chi connectivity index (χ3n) is 6.15. The fraction of sp³-hybridized carbons (Fsp3) is 0.625. The van der Waals surface area contributed by atoms with Crippen LogP contribution in [0.15, 0.2) is 28.8 Å². The van der Waals surface area contributed by atoms with Crippen LogP contribution in [0.1, 0.15) is 77.6 Å². The summed E-state index contributed by atoms with van der Waals surface area (Å²) in [7, 11) is 0. The zero-order valence-corrected chi connectivity index (χ0v) is 19.7. The van der Waals surface area contributed by atoms with E-state index in [0.717, 1.165) is 25.3 Å². The predicted octanol–water partition coefficient (Wildman–Crippen LogP) is 6.92. The van der Waals surface area contributed by atoms with Gasteiger partial charge in [-0.2, -0.15) is 26.3 Å². The number of aryl methyl sites for hydroxylation is 1. The molecule has 1 heterocycles. The number of aliphatic imine (C=N–C) groups is 1. The predicted molar refractivity (Wildman–Crippen MR) is 117 cm³/mol. The minimum atomic E-state index is -4.93. The number of Topliss-reactive ketones (excluding diaryl/α,β-unsaturated/α-hetero) is 1. The van der Waals surface area contributed by atoms with E-state index in [1.54, 1.807) is 6.92 Å². The van der Waals surface area contributed by atoms with Gasteiger partial charge in [0.15, 0.2) is 5.60 Å². The van der Waals surface area contributed by atoms with Crippen molar-refractivity contribution in [2.24, 2.45) is 10.4 Å². The molecule has 1 fully saturated rings. The number of hydrogen-bond donors (Lipinski definition) is 1. The molecule has 1 saturated carbocycles. The van der Waals surface area contributed by atoms with Crippen LogP contribution in [-0.4, -0.2) is 33.4 Å². The van der Waals surface area contributed by atoms with Gasteiger partial charge in [0.25, 0.3) is 0 Å². The number of rotatable bonds is 9. The third-order valence-corrected chi connectivity index (χ3v) is 6.15. The first-order chi connectivity index (χ1) is 15.4. The van der Waals surface area contributed by atoms with Crippen LogP contribution >= 0.6 is 0 Å². The molecule has 1 N–H and O–H groups in total. The number of aliphatic hydroxyl groups is 1. The summed E-state index contributed by atoms with van der Waals surface area (Å²) in [5.41, 5.74) is -2.74. The zero-order valence-electron chi connectivity index (χ0n) is 19.7. The molecule has 10 heteroatoms. The number of nitrogens with zero attached hydrogens (tertiary/aromatic N) is 2. The van der Waals surface area contributed by atoms with Crippen molar-refractivity contribution in [1.29, 1.82) is 0 Å². The summed E-state index contributed by atoms with van der Waals surface area (Å²) >= 11 is 0. The number of aromatic nitrogens is 1. The molecule has 1 atom stereocenters. The van der Waals surface area contributed by atoms with Crippen molar-refractivity contribution >= 4 is 17.2 Å². The molecule has 0 unspecified atom stereocenters. The van der Waals surface area contributed by atoms with Crippen molar-refractivity contribution < 1.29 is 36.2 Å². The number of ketones is 1. The molecule has 190 valence electrons. The second-order valence-electron chi connectivity index (χ2n) is 9.73. The van der Waals surface area contributed by atoms with Gasteiger partial charge in [0.1, 0.15) is 11.5 Å². The number of allylic oxidation sites excluding steroid dienone is 2. The Morgan fingerprint density at radius 1 is 1.18 bits per heavy atom. The summed E-state index contributed by atoms with van der Waals surface area (Å²) < 4.78 is 77.8. The Hall–Kier alpha value is -2.23. The lowest BCUT2D eigenvalue weighted by atomic mass is 9.67. The average Bonchev–Trinajstić information content (AvgIpc) is 2.62. The lowest BCUT2D eigenvalue weighted by molar-refractivity contribution is -0.253. The topological polar surface area (TPSA) is 62.5 Å². The van der Waals surface area contributed by atoms with Crippen molar-refractivity contribution in [2.45, 2.75) is 90.6 Å². The summed E-state index contributed by atoms with van der Waals surface area (Å²) in [5, 5.41) is 9.47. The van der Waals surface area contributed by atoms with E-state index in [1.165, 1.54) is 19.1 Å². The Morgan fingerprint density at radius 3 is 2.29 bits per heavy atom. The molecule has 0 saturated heterocycles. The number of halogens is 6. The number of carbonyl (C=O) groups is 1. The lowest BCUT2D eigenvalue weighted by Crippen LogP contribution is -2.43. The van der Waals surface area contributed by atoms with Crippen molar-refractivity contribution in [3.05, 3.63) is 35.2 Å². The van der Waals surface area contributed by atoms with E-state index >= 15 is 0 Å². The van der Waals surface area contributed by atoms with Gasteiger partial charge in [0.2, 0.25) is 0 Å². The monoisotopic (exact) mass is 492 g/mol.